The monoisotopic (exact) mass is 206 g/mol. The van der Waals surface area contributed by atoms with E-state index in [4.69, 9.17) is 4.74 Å². The van der Waals surface area contributed by atoms with Crippen LogP contribution in [0.4, 0.5) is 0 Å². The van der Waals surface area contributed by atoms with Crippen LogP contribution in [-0.4, -0.2) is 18.1 Å². The summed E-state index contributed by atoms with van der Waals surface area (Å²) < 4.78 is 5.96. The first kappa shape index (κ1) is 10.4. The van der Waals surface area contributed by atoms with Crippen molar-refractivity contribution in [1.29, 1.82) is 0 Å². The predicted octanol–water partition coefficient (Wildman–Crippen LogP) is 2.12. The zero-order chi connectivity index (χ0) is 10.5. The summed E-state index contributed by atoms with van der Waals surface area (Å²) in [5, 5.41) is 3.14. The first-order chi connectivity index (χ1) is 7.40. The number of rotatable bonds is 4. The van der Waals surface area contributed by atoms with Gasteiger partial charge in [0.2, 0.25) is 0 Å². The number of pyridine rings is 1. The van der Waals surface area contributed by atoms with Crippen molar-refractivity contribution in [2.75, 3.05) is 7.05 Å². The largest absolute Gasteiger partial charge is 0.488 e. The van der Waals surface area contributed by atoms with E-state index >= 15 is 0 Å². The highest BCUT2D eigenvalue weighted by Crippen LogP contribution is 2.25. The van der Waals surface area contributed by atoms with Crippen LogP contribution in [0.2, 0.25) is 0 Å². The van der Waals surface area contributed by atoms with E-state index in [-0.39, 0.29) is 0 Å². The second-order valence-corrected chi connectivity index (χ2v) is 4.04. The first-order valence-corrected chi connectivity index (χ1v) is 5.64. The SMILES string of the molecule is CNCc1ccncc1OC1CCCC1. The van der Waals surface area contributed by atoms with Gasteiger partial charge in [0.1, 0.15) is 5.75 Å². The lowest BCUT2D eigenvalue weighted by Gasteiger charge is -2.15. The van der Waals surface area contributed by atoms with Gasteiger partial charge in [-0.3, -0.25) is 4.98 Å². The van der Waals surface area contributed by atoms with Crippen molar-refractivity contribution in [2.24, 2.45) is 0 Å². The van der Waals surface area contributed by atoms with E-state index in [1.807, 2.05) is 25.5 Å². The predicted molar refractivity (Wildman–Crippen MR) is 59.9 cm³/mol. The van der Waals surface area contributed by atoms with Crippen molar-refractivity contribution < 1.29 is 4.74 Å². The topological polar surface area (TPSA) is 34.2 Å². The van der Waals surface area contributed by atoms with E-state index < -0.39 is 0 Å². The van der Waals surface area contributed by atoms with E-state index in [9.17, 15) is 0 Å². The molecule has 0 aromatic carbocycles. The van der Waals surface area contributed by atoms with Gasteiger partial charge in [0.15, 0.2) is 0 Å². The van der Waals surface area contributed by atoms with Crippen LogP contribution in [0.25, 0.3) is 0 Å². The maximum Gasteiger partial charge on any atom is 0.142 e. The van der Waals surface area contributed by atoms with Gasteiger partial charge in [-0.05, 0) is 38.8 Å². The lowest BCUT2D eigenvalue weighted by atomic mass is 10.2. The van der Waals surface area contributed by atoms with Gasteiger partial charge in [0, 0.05) is 18.3 Å². The fourth-order valence-corrected chi connectivity index (χ4v) is 2.04. The summed E-state index contributed by atoms with van der Waals surface area (Å²) in [5.74, 6) is 0.943. The molecular weight excluding hydrogens is 188 g/mol. The Balaban J connectivity index is 2.05. The molecule has 1 aliphatic carbocycles. The molecule has 0 atom stereocenters. The average Bonchev–Trinajstić information content (AvgIpc) is 2.74. The molecule has 1 N–H and O–H groups in total. The molecule has 1 saturated carbocycles. The van der Waals surface area contributed by atoms with Gasteiger partial charge in [-0.15, -0.1) is 0 Å². The first-order valence-electron chi connectivity index (χ1n) is 5.64. The molecule has 3 nitrogen and oxygen atoms in total. The molecular formula is C12H18N2O. The molecule has 0 spiro atoms. The number of nitrogens with one attached hydrogen (secondary N) is 1. The van der Waals surface area contributed by atoms with Crippen LogP contribution in [0.1, 0.15) is 31.2 Å². The minimum absolute atomic E-state index is 0.407. The van der Waals surface area contributed by atoms with Gasteiger partial charge >= 0.3 is 0 Å². The lowest BCUT2D eigenvalue weighted by molar-refractivity contribution is 0.207. The maximum atomic E-state index is 5.96. The van der Waals surface area contributed by atoms with E-state index in [0.717, 1.165) is 12.3 Å². The molecule has 15 heavy (non-hydrogen) atoms. The van der Waals surface area contributed by atoms with Crippen LogP contribution in [0.3, 0.4) is 0 Å². The quantitative estimate of drug-likeness (QED) is 0.819. The number of hydrogen-bond donors (Lipinski definition) is 1. The maximum absolute atomic E-state index is 5.96. The average molecular weight is 206 g/mol. The Bertz CT molecular complexity index is 308. The molecule has 82 valence electrons. The van der Waals surface area contributed by atoms with Crippen molar-refractivity contribution in [3.63, 3.8) is 0 Å². The van der Waals surface area contributed by atoms with Gasteiger partial charge in [-0.2, -0.15) is 0 Å². The normalized spacial score (nSPS) is 16.9. The Kier molecular flexibility index (Phi) is 3.56. The van der Waals surface area contributed by atoms with Crippen molar-refractivity contribution >= 4 is 0 Å². The number of nitrogens with zero attached hydrogens (tertiary/aromatic N) is 1. The van der Waals surface area contributed by atoms with Crippen LogP contribution in [0.5, 0.6) is 5.75 Å². The summed E-state index contributed by atoms with van der Waals surface area (Å²) in [6.45, 7) is 0.838. The van der Waals surface area contributed by atoms with Gasteiger partial charge in [-0.25, -0.2) is 0 Å². The zero-order valence-electron chi connectivity index (χ0n) is 9.20. The molecule has 0 amide bonds. The molecule has 0 unspecified atom stereocenters. The number of ether oxygens (including phenoxy) is 1. The van der Waals surface area contributed by atoms with Crippen molar-refractivity contribution in [1.82, 2.24) is 10.3 Å². The summed E-state index contributed by atoms with van der Waals surface area (Å²) in [6.07, 6.45) is 9.02. The van der Waals surface area contributed by atoms with Gasteiger partial charge in [0.05, 0.1) is 12.3 Å². The molecule has 2 rings (SSSR count). The fraction of sp³-hybridized carbons (Fsp3) is 0.583. The Morgan fingerprint density at radius 3 is 3.00 bits per heavy atom. The minimum Gasteiger partial charge on any atom is -0.488 e. The van der Waals surface area contributed by atoms with E-state index in [1.165, 1.54) is 31.2 Å². The molecule has 0 bridgehead atoms. The molecule has 1 aromatic rings. The third kappa shape index (κ3) is 2.69. The van der Waals surface area contributed by atoms with E-state index in [2.05, 4.69) is 10.3 Å². The van der Waals surface area contributed by atoms with Crippen LogP contribution in [0.15, 0.2) is 18.5 Å². The van der Waals surface area contributed by atoms with Crippen molar-refractivity contribution in [3.8, 4) is 5.75 Å². The Labute approximate surface area is 90.9 Å². The molecule has 3 heteroatoms. The standard InChI is InChI=1S/C12H18N2O/c1-13-8-10-6-7-14-9-12(10)15-11-4-2-3-5-11/h6-7,9,11,13H,2-5,8H2,1H3. The summed E-state index contributed by atoms with van der Waals surface area (Å²) in [5.41, 5.74) is 1.19. The number of hydrogen-bond acceptors (Lipinski definition) is 3. The van der Waals surface area contributed by atoms with Gasteiger partial charge < -0.3 is 10.1 Å². The second kappa shape index (κ2) is 5.12. The Morgan fingerprint density at radius 1 is 1.47 bits per heavy atom. The van der Waals surface area contributed by atoms with Crippen molar-refractivity contribution in [3.05, 3.63) is 24.0 Å². The molecule has 1 fully saturated rings. The van der Waals surface area contributed by atoms with Crippen LogP contribution >= 0.6 is 0 Å². The summed E-state index contributed by atoms with van der Waals surface area (Å²) >= 11 is 0. The molecule has 1 aliphatic rings. The molecule has 1 aromatic heterocycles. The zero-order valence-corrected chi connectivity index (χ0v) is 9.20. The lowest BCUT2D eigenvalue weighted by Crippen LogP contribution is -2.14. The molecule has 1 heterocycles. The smallest absolute Gasteiger partial charge is 0.142 e. The Morgan fingerprint density at radius 2 is 2.27 bits per heavy atom. The van der Waals surface area contributed by atoms with Gasteiger partial charge in [0.25, 0.3) is 0 Å². The summed E-state index contributed by atoms with van der Waals surface area (Å²) in [6, 6.07) is 2.01. The highest BCUT2D eigenvalue weighted by molar-refractivity contribution is 5.29. The van der Waals surface area contributed by atoms with Gasteiger partial charge in [-0.1, -0.05) is 0 Å². The van der Waals surface area contributed by atoms with Crippen LogP contribution < -0.4 is 10.1 Å². The summed E-state index contributed by atoms with van der Waals surface area (Å²) in [7, 11) is 1.94. The fourth-order valence-electron chi connectivity index (χ4n) is 2.04. The number of aromatic nitrogens is 1. The second-order valence-electron chi connectivity index (χ2n) is 4.04. The van der Waals surface area contributed by atoms with Crippen LogP contribution in [0, 0.1) is 0 Å². The van der Waals surface area contributed by atoms with E-state index in [0.29, 0.717) is 6.10 Å². The summed E-state index contributed by atoms with van der Waals surface area (Å²) in [4.78, 5) is 4.12. The van der Waals surface area contributed by atoms with Crippen LogP contribution in [-0.2, 0) is 6.54 Å². The third-order valence-electron chi connectivity index (χ3n) is 2.83. The molecule has 0 radical (unpaired) electrons. The minimum atomic E-state index is 0.407. The third-order valence-corrected chi connectivity index (χ3v) is 2.83. The Hall–Kier alpha value is -1.09. The van der Waals surface area contributed by atoms with Crippen molar-refractivity contribution in [2.45, 2.75) is 38.3 Å². The highest BCUT2D eigenvalue weighted by atomic mass is 16.5. The molecule has 0 aliphatic heterocycles. The van der Waals surface area contributed by atoms with E-state index in [1.54, 1.807) is 0 Å². The molecule has 0 saturated heterocycles. The highest BCUT2D eigenvalue weighted by Gasteiger charge is 2.17.